The first-order valence-electron chi connectivity index (χ1n) is 9.05. The molecule has 0 saturated heterocycles. The molecule has 4 heteroatoms. The van der Waals surface area contributed by atoms with Crippen LogP contribution >= 0.6 is 0 Å². The number of hydrogen-bond acceptors (Lipinski definition) is 4. The van der Waals surface area contributed by atoms with Crippen molar-refractivity contribution >= 4 is 5.69 Å². The predicted molar refractivity (Wildman–Crippen MR) is 107 cm³/mol. The van der Waals surface area contributed by atoms with Crippen LogP contribution in [-0.4, -0.2) is 31.0 Å². The minimum atomic E-state index is -0.608. The average molecular weight is 355 g/mol. The highest BCUT2D eigenvalue weighted by Gasteiger charge is 2.08. The van der Waals surface area contributed by atoms with E-state index in [0.717, 1.165) is 29.2 Å². The second-order valence-electron chi connectivity index (χ2n) is 6.68. The maximum Gasteiger partial charge on any atom is 0.122 e. The van der Waals surface area contributed by atoms with Gasteiger partial charge in [0.15, 0.2) is 0 Å². The SMILES string of the molecule is C=CCc1ccccc1OCC(O)CNc1ccc(OCC(C)C)cc1. The number of para-hydroxylation sites is 1. The number of nitrogens with one attached hydrogen (secondary N) is 1. The number of aliphatic hydroxyl groups is 1. The van der Waals surface area contributed by atoms with Crippen LogP contribution in [0, 0.1) is 5.92 Å². The van der Waals surface area contributed by atoms with E-state index in [1.54, 1.807) is 0 Å². The standard InChI is InChI=1S/C22H29NO3/c1-4-7-18-8-5-6-9-22(18)26-16-20(24)14-23-19-10-12-21(13-11-19)25-15-17(2)3/h4-6,8-13,17,20,23-24H,1,7,14-16H2,2-3H3. The van der Waals surface area contributed by atoms with Crippen molar-refractivity contribution < 1.29 is 14.6 Å². The molecule has 0 bridgehead atoms. The lowest BCUT2D eigenvalue weighted by Crippen LogP contribution is -2.26. The van der Waals surface area contributed by atoms with Gasteiger partial charge in [0, 0.05) is 12.2 Å². The molecule has 0 saturated carbocycles. The van der Waals surface area contributed by atoms with Crippen LogP contribution in [0.1, 0.15) is 19.4 Å². The summed E-state index contributed by atoms with van der Waals surface area (Å²) >= 11 is 0. The van der Waals surface area contributed by atoms with Gasteiger partial charge in [-0.25, -0.2) is 0 Å². The highest BCUT2D eigenvalue weighted by molar-refractivity contribution is 5.46. The summed E-state index contributed by atoms with van der Waals surface area (Å²) in [7, 11) is 0. The summed E-state index contributed by atoms with van der Waals surface area (Å²) in [6.45, 7) is 9.35. The number of benzene rings is 2. The Morgan fingerprint density at radius 1 is 1.04 bits per heavy atom. The summed E-state index contributed by atoms with van der Waals surface area (Å²) in [4.78, 5) is 0. The monoisotopic (exact) mass is 355 g/mol. The van der Waals surface area contributed by atoms with Crippen molar-refractivity contribution in [1.29, 1.82) is 0 Å². The third kappa shape index (κ3) is 6.81. The number of rotatable bonds is 11. The van der Waals surface area contributed by atoms with Gasteiger partial charge in [0.25, 0.3) is 0 Å². The molecule has 140 valence electrons. The smallest absolute Gasteiger partial charge is 0.122 e. The molecule has 2 rings (SSSR count). The van der Waals surface area contributed by atoms with Crippen LogP contribution in [0.15, 0.2) is 61.2 Å². The zero-order valence-electron chi connectivity index (χ0n) is 15.7. The summed E-state index contributed by atoms with van der Waals surface area (Å²) in [6, 6.07) is 15.6. The van der Waals surface area contributed by atoms with E-state index in [4.69, 9.17) is 9.47 Å². The second-order valence-corrected chi connectivity index (χ2v) is 6.68. The molecular weight excluding hydrogens is 326 g/mol. The van der Waals surface area contributed by atoms with Crippen LogP contribution < -0.4 is 14.8 Å². The molecule has 2 aromatic rings. The lowest BCUT2D eigenvalue weighted by Gasteiger charge is -2.16. The highest BCUT2D eigenvalue weighted by atomic mass is 16.5. The number of aliphatic hydroxyl groups excluding tert-OH is 1. The van der Waals surface area contributed by atoms with Crippen molar-refractivity contribution in [3.05, 3.63) is 66.7 Å². The van der Waals surface area contributed by atoms with Crippen LogP contribution in [-0.2, 0) is 6.42 Å². The Bertz CT molecular complexity index is 667. The number of allylic oxidation sites excluding steroid dienone is 1. The first kappa shape index (κ1) is 19.9. The van der Waals surface area contributed by atoms with Crippen molar-refractivity contribution in [3.63, 3.8) is 0 Å². The minimum absolute atomic E-state index is 0.233. The Balaban J connectivity index is 1.76. The molecule has 0 aromatic heterocycles. The molecule has 0 spiro atoms. The first-order chi connectivity index (χ1) is 12.6. The van der Waals surface area contributed by atoms with Crippen LogP contribution in [0.3, 0.4) is 0 Å². The zero-order chi connectivity index (χ0) is 18.8. The third-order valence-electron chi connectivity index (χ3n) is 3.75. The van der Waals surface area contributed by atoms with Crippen LogP contribution in [0.2, 0.25) is 0 Å². The van der Waals surface area contributed by atoms with Gasteiger partial charge in [-0.15, -0.1) is 6.58 Å². The van der Waals surface area contributed by atoms with Crippen LogP contribution in [0.4, 0.5) is 5.69 Å². The van der Waals surface area contributed by atoms with Crippen molar-refractivity contribution in [2.24, 2.45) is 5.92 Å². The van der Waals surface area contributed by atoms with Gasteiger partial charge in [-0.05, 0) is 48.2 Å². The van der Waals surface area contributed by atoms with E-state index in [0.29, 0.717) is 19.1 Å². The number of hydrogen-bond donors (Lipinski definition) is 2. The molecule has 2 N–H and O–H groups in total. The largest absolute Gasteiger partial charge is 0.493 e. The third-order valence-corrected chi connectivity index (χ3v) is 3.75. The molecule has 0 radical (unpaired) electrons. The van der Waals surface area contributed by atoms with Crippen molar-refractivity contribution in [3.8, 4) is 11.5 Å². The molecule has 26 heavy (non-hydrogen) atoms. The van der Waals surface area contributed by atoms with Gasteiger partial charge in [-0.2, -0.15) is 0 Å². The maximum absolute atomic E-state index is 10.2. The summed E-state index contributed by atoms with van der Waals surface area (Å²) in [6.07, 6.45) is 1.98. The normalized spacial score (nSPS) is 11.8. The molecule has 4 nitrogen and oxygen atoms in total. The van der Waals surface area contributed by atoms with Gasteiger partial charge >= 0.3 is 0 Å². The fourth-order valence-corrected chi connectivity index (χ4v) is 2.38. The van der Waals surface area contributed by atoms with E-state index in [2.05, 4.69) is 25.7 Å². The molecule has 0 aliphatic carbocycles. The minimum Gasteiger partial charge on any atom is -0.493 e. The van der Waals surface area contributed by atoms with Crippen molar-refractivity contribution in [2.75, 3.05) is 25.1 Å². The molecule has 2 aromatic carbocycles. The quantitative estimate of drug-likeness (QED) is 0.590. The Kier molecular flexibility index (Phi) is 8.03. The summed E-state index contributed by atoms with van der Waals surface area (Å²) in [5, 5.41) is 13.4. The van der Waals surface area contributed by atoms with Crippen molar-refractivity contribution in [1.82, 2.24) is 0 Å². The van der Waals surface area contributed by atoms with Gasteiger partial charge in [0.2, 0.25) is 0 Å². The fraction of sp³-hybridized carbons (Fsp3) is 0.364. The molecule has 0 aliphatic rings. The zero-order valence-corrected chi connectivity index (χ0v) is 15.7. The topological polar surface area (TPSA) is 50.7 Å². The average Bonchev–Trinajstić information content (AvgIpc) is 2.65. The van der Waals surface area contributed by atoms with E-state index in [9.17, 15) is 5.11 Å². The van der Waals surface area contributed by atoms with Gasteiger partial charge < -0.3 is 19.9 Å². The van der Waals surface area contributed by atoms with Crippen LogP contribution in [0.25, 0.3) is 0 Å². The lowest BCUT2D eigenvalue weighted by atomic mass is 10.1. The maximum atomic E-state index is 10.2. The lowest BCUT2D eigenvalue weighted by molar-refractivity contribution is 0.117. The molecule has 1 atom stereocenters. The van der Waals surface area contributed by atoms with E-state index in [-0.39, 0.29) is 6.61 Å². The van der Waals surface area contributed by atoms with Gasteiger partial charge in [0.05, 0.1) is 6.61 Å². The Morgan fingerprint density at radius 3 is 2.46 bits per heavy atom. The number of anilines is 1. The Labute approximate surface area is 156 Å². The van der Waals surface area contributed by atoms with E-state index in [1.807, 2.05) is 54.6 Å². The molecular formula is C22H29NO3. The fourth-order valence-electron chi connectivity index (χ4n) is 2.38. The predicted octanol–water partition coefficient (Wildman–Crippen LogP) is 4.30. The Hall–Kier alpha value is -2.46. The summed E-state index contributed by atoms with van der Waals surface area (Å²) in [5.74, 6) is 2.14. The molecule has 1 unspecified atom stereocenters. The molecule has 0 aliphatic heterocycles. The van der Waals surface area contributed by atoms with Crippen molar-refractivity contribution in [2.45, 2.75) is 26.4 Å². The van der Waals surface area contributed by atoms with Gasteiger partial charge in [0.1, 0.15) is 24.2 Å². The van der Waals surface area contributed by atoms with Gasteiger partial charge in [-0.3, -0.25) is 0 Å². The van der Waals surface area contributed by atoms with E-state index < -0.39 is 6.10 Å². The van der Waals surface area contributed by atoms with Gasteiger partial charge in [-0.1, -0.05) is 38.1 Å². The van der Waals surface area contributed by atoms with E-state index >= 15 is 0 Å². The molecule has 0 fully saturated rings. The Morgan fingerprint density at radius 2 is 1.77 bits per heavy atom. The van der Waals surface area contributed by atoms with E-state index in [1.165, 1.54) is 0 Å². The molecule has 0 amide bonds. The second kappa shape index (κ2) is 10.5. The molecule has 0 heterocycles. The number of ether oxygens (including phenoxy) is 2. The first-order valence-corrected chi connectivity index (χ1v) is 9.05. The summed E-state index contributed by atoms with van der Waals surface area (Å²) in [5.41, 5.74) is 2.01. The summed E-state index contributed by atoms with van der Waals surface area (Å²) < 4.78 is 11.4. The highest BCUT2D eigenvalue weighted by Crippen LogP contribution is 2.19. The van der Waals surface area contributed by atoms with Crippen LogP contribution in [0.5, 0.6) is 11.5 Å².